The number of nitrogens with one attached hydrogen (secondary N) is 1. The van der Waals surface area contributed by atoms with E-state index in [1.165, 1.54) is 12.8 Å². The maximum atomic E-state index is 9.56. The van der Waals surface area contributed by atoms with Crippen LogP contribution in [0.4, 0.5) is 5.95 Å². The zero-order chi connectivity index (χ0) is 13.7. The standard InChI is InChI=1S/C14H23N3O2/c1-11(2)19-12-5-8-15-13(17-12)16-9-14(10-18)6-3-4-7-14/h5,8,11,18H,3-4,6-7,9-10H2,1-2H3,(H,15,16,17). The number of aliphatic hydroxyl groups excluding tert-OH is 1. The molecule has 1 aromatic heterocycles. The fraction of sp³-hybridized carbons (Fsp3) is 0.714. The van der Waals surface area contributed by atoms with Gasteiger partial charge in [-0.25, -0.2) is 4.98 Å². The van der Waals surface area contributed by atoms with E-state index in [2.05, 4.69) is 15.3 Å². The van der Waals surface area contributed by atoms with Gasteiger partial charge in [0.05, 0.1) is 12.7 Å². The maximum Gasteiger partial charge on any atom is 0.225 e. The number of anilines is 1. The van der Waals surface area contributed by atoms with Crippen LogP contribution in [0.15, 0.2) is 12.3 Å². The molecule has 1 fully saturated rings. The molecule has 1 saturated carbocycles. The summed E-state index contributed by atoms with van der Waals surface area (Å²) in [6.07, 6.45) is 6.31. The summed E-state index contributed by atoms with van der Waals surface area (Å²) in [6, 6.07) is 1.75. The van der Waals surface area contributed by atoms with Crippen molar-refractivity contribution in [2.45, 2.75) is 45.6 Å². The molecule has 106 valence electrons. The summed E-state index contributed by atoms with van der Waals surface area (Å²) in [7, 11) is 0. The van der Waals surface area contributed by atoms with Crippen molar-refractivity contribution >= 4 is 5.95 Å². The number of rotatable bonds is 6. The molecule has 1 heterocycles. The third-order valence-electron chi connectivity index (χ3n) is 3.61. The van der Waals surface area contributed by atoms with Gasteiger partial charge in [-0.05, 0) is 26.7 Å². The Morgan fingerprint density at radius 3 is 2.79 bits per heavy atom. The lowest BCUT2D eigenvalue weighted by molar-refractivity contribution is 0.142. The van der Waals surface area contributed by atoms with Gasteiger partial charge in [0.2, 0.25) is 11.8 Å². The average Bonchev–Trinajstić information content (AvgIpc) is 2.86. The molecule has 0 unspecified atom stereocenters. The van der Waals surface area contributed by atoms with Gasteiger partial charge in [0.1, 0.15) is 0 Å². The van der Waals surface area contributed by atoms with Crippen LogP contribution in [-0.4, -0.2) is 34.3 Å². The molecule has 0 aromatic carbocycles. The van der Waals surface area contributed by atoms with Crippen LogP contribution in [0, 0.1) is 5.41 Å². The van der Waals surface area contributed by atoms with Crippen LogP contribution in [0.3, 0.4) is 0 Å². The van der Waals surface area contributed by atoms with Crippen LogP contribution >= 0.6 is 0 Å². The minimum Gasteiger partial charge on any atom is -0.475 e. The van der Waals surface area contributed by atoms with Gasteiger partial charge in [-0.1, -0.05) is 12.8 Å². The Balaban J connectivity index is 1.95. The molecule has 1 aliphatic rings. The normalized spacial score (nSPS) is 17.7. The fourth-order valence-corrected chi connectivity index (χ4v) is 2.52. The summed E-state index contributed by atoms with van der Waals surface area (Å²) in [4.78, 5) is 8.50. The largest absolute Gasteiger partial charge is 0.475 e. The highest BCUT2D eigenvalue weighted by atomic mass is 16.5. The molecule has 5 heteroatoms. The Morgan fingerprint density at radius 2 is 2.16 bits per heavy atom. The molecule has 0 bridgehead atoms. The van der Waals surface area contributed by atoms with Gasteiger partial charge in [-0.3, -0.25) is 0 Å². The van der Waals surface area contributed by atoms with E-state index < -0.39 is 0 Å². The second-order valence-corrected chi connectivity index (χ2v) is 5.60. The highest BCUT2D eigenvalue weighted by Gasteiger charge is 2.33. The van der Waals surface area contributed by atoms with E-state index in [1.54, 1.807) is 12.3 Å². The monoisotopic (exact) mass is 265 g/mol. The van der Waals surface area contributed by atoms with Crippen LogP contribution in [0.2, 0.25) is 0 Å². The van der Waals surface area contributed by atoms with Crippen LogP contribution in [-0.2, 0) is 0 Å². The number of hydrogen-bond donors (Lipinski definition) is 2. The second-order valence-electron chi connectivity index (χ2n) is 5.60. The molecule has 0 aliphatic heterocycles. The van der Waals surface area contributed by atoms with Crippen molar-refractivity contribution in [1.29, 1.82) is 0 Å². The van der Waals surface area contributed by atoms with E-state index in [1.807, 2.05) is 13.8 Å². The Kier molecular flexibility index (Phi) is 4.58. The summed E-state index contributed by atoms with van der Waals surface area (Å²) < 4.78 is 5.54. The Hall–Kier alpha value is -1.36. The van der Waals surface area contributed by atoms with Gasteiger partial charge >= 0.3 is 0 Å². The van der Waals surface area contributed by atoms with Gasteiger partial charge in [0, 0.05) is 24.2 Å². The minimum absolute atomic E-state index is 0.00172. The van der Waals surface area contributed by atoms with Crippen molar-refractivity contribution in [1.82, 2.24) is 9.97 Å². The minimum atomic E-state index is -0.00172. The Bertz CT molecular complexity index is 403. The second kappa shape index (κ2) is 6.19. The first-order chi connectivity index (χ1) is 9.13. The molecule has 0 atom stereocenters. The van der Waals surface area contributed by atoms with Crippen molar-refractivity contribution in [2.24, 2.45) is 5.41 Å². The predicted molar refractivity (Wildman–Crippen MR) is 74.3 cm³/mol. The third kappa shape index (κ3) is 3.80. The SMILES string of the molecule is CC(C)Oc1ccnc(NCC2(CO)CCCC2)n1. The summed E-state index contributed by atoms with van der Waals surface area (Å²) in [5.41, 5.74) is -0.00172. The Labute approximate surface area is 114 Å². The van der Waals surface area contributed by atoms with E-state index in [4.69, 9.17) is 4.74 Å². The predicted octanol–water partition coefficient (Wildman–Crippen LogP) is 2.23. The van der Waals surface area contributed by atoms with Gasteiger partial charge in [-0.2, -0.15) is 4.98 Å². The summed E-state index contributed by atoms with van der Waals surface area (Å²) in [5, 5.41) is 12.8. The zero-order valence-electron chi connectivity index (χ0n) is 11.7. The molecule has 0 saturated heterocycles. The van der Waals surface area contributed by atoms with E-state index in [0.29, 0.717) is 18.4 Å². The molecule has 0 spiro atoms. The van der Waals surface area contributed by atoms with Crippen molar-refractivity contribution in [3.05, 3.63) is 12.3 Å². The molecule has 0 amide bonds. The van der Waals surface area contributed by atoms with Gasteiger partial charge in [-0.15, -0.1) is 0 Å². The summed E-state index contributed by atoms with van der Waals surface area (Å²) in [5.74, 6) is 1.15. The van der Waals surface area contributed by atoms with Crippen LogP contribution in [0.5, 0.6) is 5.88 Å². The number of nitrogens with zero attached hydrogens (tertiary/aromatic N) is 2. The number of ether oxygens (including phenoxy) is 1. The van der Waals surface area contributed by atoms with E-state index in [0.717, 1.165) is 12.8 Å². The molecule has 0 radical (unpaired) electrons. The number of hydrogen-bond acceptors (Lipinski definition) is 5. The van der Waals surface area contributed by atoms with Gasteiger partial charge in [0.15, 0.2) is 0 Å². The molecular weight excluding hydrogens is 242 g/mol. The summed E-state index contributed by atoms with van der Waals surface area (Å²) >= 11 is 0. The molecule has 1 aromatic rings. The van der Waals surface area contributed by atoms with E-state index >= 15 is 0 Å². The van der Waals surface area contributed by atoms with Crippen molar-refractivity contribution in [2.75, 3.05) is 18.5 Å². The van der Waals surface area contributed by atoms with Crippen molar-refractivity contribution in [3.8, 4) is 5.88 Å². The average molecular weight is 265 g/mol. The van der Waals surface area contributed by atoms with E-state index in [9.17, 15) is 5.11 Å². The topological polar surface area (TPSA) is 67.3 Å². The van der Waals surface area contributed by atoms with Gasteiger partial charge < -0.3 is 15.2 Å². The molecule has 2 rings (SSSR count). The molecule has 5 nitrogen and oxygen atoms in total. The third-order valence-corrected chi connectivity index (χ3v) is 3.61. The maximum absolute atomic E-state index is 9.56. The van der Waals surface area contributed by atoms with Crippen LogP contribution in [0.25, 0.3) is 0 Å². The van der Waals surface area contributed by atoms with Crippen LogP contribution in [0.1, 0.15) is 39.5 Å². The molecule has 19 heavy (non-hydrogen) atoms. The first-order valence-corrected chi connectivity index (χ1v) is 6.98. The highest BCUT2D eigenvalue weighted by Crippen LogP contribution is 2.37. The number of aliphatic hydroxyl groups is 1. The molecular formula is C14H23N3O2. The summed E-state index contributed by atoms with van der Waals surface area (Å²) in [6.45, 7) is 4.87. The number of aromatic nitrogens is 2. The molecule has 2 N–H and O–H groups in total. The first-order valence-electron chi connectivity index (χ1n) is 6.98. The fourth-order valence-electron chi connectivity index (χ4n) is 2.52. The van der Waals surface area contributed by atoms with Crippen LogP contribution < -0.4 is 10.1 Å². The van der Waals surface area contributed by atoms with Crippen molar-refractivity contribution in [3.63, 3.8) is 0 Å². The first kappa shape index (κ1) is 14.1. The Morgan fingerprint density at radius 1 is 1.42 bits per heavy atom. The van der Waals surface area contributed by atoms with Crippen molar-refractivity contribution < 1.29 is 9.84 Å². The highest BCUT2D eigenvalue weighted by molar-refractivity contribution is 5.28. The lowest BCUT2D eigenvalue weighted by atomic mass is 9.87. The quantitative estimate of drug-likeness (QED) is 0.825. The lowest BCUT2D eigenvalue weighted by Gasteiger charge is -2.26. The zero-order valence-corrected chi connectivity index (χ0v) is 11.7. The smallest absolute Gasteiger partial charge is 0.225 e. The lowest BCUT2D eigenvalue weighted by Crippen LogP contribution is -2.31. The van der Waals surface area contributed by atoms with Gasteiger partial charge in [0.25, 0.3) is 0 Å². The van der Waals surface area contributed by atoms with E-state index in [-0.39, 0.29) is 18.1 Å². The molecule has 1 aliphatic carbocycles.